The highest BCUT2D eigenvalue weighted by Crippen LogP contribution is 2.28. The van der Waals surface area contributed by atoms with Gasteiger partial charge in [-0.15, -0.1) is 11.8 Å². The topological polar surface area (TPSA) is 49.4 Å². The number of thioether (sulfide) groups is 1. The van der Waals surface area contributed by atoms with E-state index in [-0.39, 0.29) is 17.6 Å². The highest BCUT2D eigenvalue weighted by atomic mass is 35.5. The minimum absolute atomic E-state index is 0.0721. The predicted octanol–water partition coefficient (Wildman–Crippen LogP) is 6.26. The van der Waals surface area contributed by atoms with E-state index in [0.717, 1.165) is 29.5 Å². The predicted molar refractivity (Wildman–Crippen MR) is 136 cm³/mol. The molecule has 0 aliphatic heterocycles. The van der Waals surface area contributed by atoms with Gasteiger partial charge in [0.1, 0.15) is 6.04 Å². The molecule has 0 fully saturated rings. The number of hydrogen-bond acceptors (Lipinski definition) is 3. The third-order valence-electron chi connectivity index (χ3n) is 5.18. The van der Waals surface area contributed by atoms with Gasteiger partial charge in [0.05, 0.1) is 5.75 Å². The van der Waals surface area contributed by atoms with Crippen molar-refractivity contribution in [3.8, 4) is 0 Å². The summed E-state index contributed by atoms with van der Waals surface area (Å²) in [6.45, 7) is 7.07. The zero-order valence-electron chi connectivity index (χ0n) is 19.0. The van der Waals surface area contributed by atoms with E-state index >= 15 is 0 Å². The molecule has 2 amide bonds. The first kappa shape index (κ1) is 26.6. The lowest BCUT2D eigenvalue weighted by molar-refractivity contribution is -0.139. The Bertz CT molecular complexity index is 887. The monoisotopic (exact) mass is 494 g/mol. The molecule has 0 aromatic heterocycles. The molecular formula is C25H32Cl2N2O2S. The molecule has 0 saturated carbocycles. The van der Waals surface area contributed by atoms with Gasteiger partial charge in [-0.1, -0.05) is 79.4 Å². The zero-order chi connectivity index (χ0) is 23.5. The van der Waals surface area contributed by atoms with E-state index in [9.17, 15) is 9.59 Å². The van der Waals surface area contributed by atoms with Crippen LogP contribution in [0, 0.1) is 6.92 Å². The number of aryl methyl sites for hydroxylation is 1. The summed E-state index contributed by atoms with van der Waals surface area (Å²) < 4.78 is 0. The molecule has 0 heterocycles. The van der Waals surface area contributed by atoms with Crippen LogP contribution in [0.25, 0.3) is 0 Å². The minimum Gasteiger partial charge on any atom is -0.354 e. The van der Waals surface area contributed by atoms with Crippen LogP contribution in [0.5, 0.6) is 0 Å². The first-order valence-electron chi connectivity index (χ1n) is 11.0. The van der Waals surface area contributed by atoms with Crippen LogP contribution in [-0.4, -0.2) is 35.1 Å². The van der Waals surface area contributed by atoms with Crippen LogP contribution in [0.15, 0.2) is 42.5 Å². The molecule has 174 valence electrons. The fourth-order valence-electron chi connectivity index (χ4n) is 3.43. The highest BCUT2D eigenvalue weighted by molar-refractivity contribution is 7.99. The molecule has 2 aromatic carbocycles. The first-order chi connectivity index (χ1) is 15.4. The fourth-order valence-corrected chi connectivity index (χ4v) is 5.07. The maximum Gasteiger partial charge on any atom is 0.242 e. The second kappa shape index (κ2) is 13.8. The van der Waals surface area contributed by atoms with E-state index in [4.69, 9.17) is 23.2 Å². The van der Waals surface area contributed by atoms with E-state index in [1.807, 2.05) is 32.0 Å². The van der Waals surface area contributed by atoms with E-state index in [1.165, 1.54) is 11.8 Å². The van der Waals surface area contributed by atoms with Gasteiger partial charge in [-0.2, -0.15) is 0 Å². The number of halogens is 2. The van der Waals surface area contributed by atoms with Gasteiger partial charge in [0.15, 0.2) is 0 Å². The first-order valence-corrected chi connectivity index (χ1v) is 12.9. The van der Waals surface area contributed by atoms with Crippen molar-refractivity contribution in [1.29, 1.82) is 0 Å². The van der Waals surface area contributed by atoms with Crippen molar-refractivity contribution < 1.29 is 9.59 Å². The molecule has 0 aliphatic carbocycles. The standard InChI is InChI=1S/C25H32Cl2N2O2S/c1-4-6-13-28-25(31)23(5-2)29(15-19-10-7-9-18(3)14-19)24(30)17-32-16-20-21(26)11-8-12-22(20)27/h7-12,14,23H,4-6,13,15-17H2,1-3H3,(H,28,31)/t23-/m0/s1. The Morgan fingerprint density at radius 3 is 2.41 bits per heavy atom. The lowest BCUT2D eigenvalue weighted by atomic mass is 10.1. The van der Waals surface area contributed by atoms with Crippen LogP contribution in [0.1, 0.15) is 49.8 Å². The van der Waals surface area contributed by atoms with Gasteiger partial charge in [0.25, 0.3) is 0 Å². The largest absolute Gasteiger partial charge is 0.354 e. The lowest BCUT2D eigenvalue weighted by Crippen LogP contribution is -2.49. The number of amides is 2. The van der Waals surface area contributed by atoms with Gasteiger partial charge in [-0.05, 0) is 43.0 Å². The Labute approximate surface area is 206 Å². The maximum atomic E-state index is 13.3. The van der Waals surface area contributed by atoms with Crippen molar-refractivity contribution in [2.75, 3.05) is 12.3 Å². The van der Waals surface area contributed by atoms with Gasteiger partial charge < -0.3 is 10.2 Å². The van der Waals surface area contributed by atoms with Crippen LogP contribution >= 0.6 is 35.0 Å². The Balaban J connectivity index is 2.14. The van der Waals surface area contributed by atoms with Crippen LogP contribution in [0.2, 0.25) is 10.0 Å². The van der Waals surface area contributed by atoms with E-state index in [1.54, 1.807) is 23.1 Å². The van der Waals surface area contributed by atoms with Crippen molar-refractivity contribution in [3.05, 3.63) is 69.2 Å². The zero-order valence-corrected chi connectivity index (χ0v) is 21.3. The lowest BCUT2D eigenvalue weighted by Gasteiger charge is -2.30. The molecule has 0 bridgehead atoms. The Morgan fingerprint density at radius 2 is 1.78 bits per heavy atom. The van der Waals surface area contributed by atoms with Gasteiger partial charge in [0.2, 0.25) is 11.8 Å². The summed E-state index contributed by atoms with van der Waals surface area (Å²) in [6, 6.07) is 12.9. The molecule has 1 atom stereocenters. The number of benzene rings is 2. The summed E-state index contributed by atoms with van der Waals surface area (Å²) in [5, 5.41) is 4.18. The van der Waals surface area contributed by atoms with Gasteiger partial charge in [-0.3, -0.25) is 9.59 Å². The molecule has 0 radical (unpaired) electrons. The SMILES string of the molecule is CCCCNC(=O)[C@H](CC)N(Cc1cccc(C)c1)C(=O)CSCc1c(Cl)cccc1Cl. The van der Waals surface area contributed by atoms with Gasteiger partial charge in [0, 0.05) is 28.9 Å². The number of rotatable bonds is 12. The van der Waals surface area contributed by atoms with E-state index in [2.05, 4.69) is 18.3 Å². The Morgan fingerprint density at radius 1 is 1.09 bits per heavy atom. The van der Waals surface area contributed by atoms with Crippen molar-refractivity contribution in [2.45, 2.75) is 58.4 Å². The summed E-state index contributed by atoms with van der Waals surface area (Å²) in [5.41, 5.74) is 2.96. The third kappa shape index (κ3) is 8.02. The summed E-state index contributed by atoms with van der Waals surface area (Å²) in [4.78, 5) is 27.9. The van der Waals surface area contributed by atoms with Crippen LogP contribution in [-0.2, 0) is 21.9 Å². The fraction of sp³-hybridized carbons (Fsp3) is 0.440. The van der Waals surface area contributed by atoms with Gasteiger partial charge >= 0.3 is 0 Å². The second-order valence-corrected chi connectivity index (χ2v) is 9.57. The van der Waals surface area contributed by atoms with E-state index in [0.29, 0.717) is 35.3 Å². The molecule has 2 aromatic rings. The van der Waals surface area contributed by atoms with Gasteiger partial charge in [-0.25, -0.2) is 0 Å². The molecule has 0 aliphatic rings. The second-order valence-electron chi connectivity index (χ2n) is 7.77. The normalized spacial score (nSPS) is 11.8. The number of nitrogens with one attached hydrogen (secondary N) is 1. The Hall–Kier alpha value is -1.69. The number of hydrogen-bond donors (Lipinski definition) is 1. The average molecular weight is 496 g/mol. The quantitative estimate of drug-likeness (QED) is 0.354. The highest BCUT2D eigenvalue weighted by Gasteiger charge is 2.28. The van der Waals surface area contributed by atoms with Crippen LogP contribution in [0.3, 0.4) is 0 Å². The smallest absolute Gasteiger partial charge is 0.242 e. The number of nitrogens with zero attached hydrogens (tertiary/aromatic N) is 1. The van der Waals surface area contributed by atoms with Crippen LogP contribution < -0.4 is 5.32 Å². The summed E-state index contributed by atoms with van der Waals surface area (Å²) in [5.74, 6) is 0.604. The summed E-state index contributed by atoms with van der Waals surface area (Å²) in [6.07, 6.45) is 2.48. The number of carbonyl (C=O) groups excluding carboxylic acids is 2. The molecule has 2 rings (SSSR count). The Kier molecular flexibility index (Phi) is 11.4. The van der Waals surface area contributed by atoms with E-state index < -0.39 is 6.04 Å². The molecule has 1 N–H and O–H groups in total. The third-order valence-corrected chi connectivity index (χ3v) is 6.84. The number of unbranched alkanes of at least 4 members (excludes halogenated alkanes) is 1. The average Bonchev–Trinajstić information content (AvgIpc) is 2.75. The molecule has 0 unspecified atom stereocenters. The molecule has 0 spiro atoms. The van der Waals surface area contributed by atoms with Crippen molar-refractivity contribution in [3.63, 3.8) is 0 Å². The summed E-state index contributed by atoms with van der Waals surface area (Å²) in [7, 11) is 0. The van der Waals surface area contributed by atoms with Crippen molar-refractivity contribution >= 4 is 46.8 Å². The molecule has 4 nitrogen and oxygen atoms in total. The molecule has 7 heteroatoms. The molecule has 32 heavy (non-hydrogen) atoms. The maximum absolute atomic E-state index is 13.3. The molecular weight excluding hydrogens is 463 g/mol. The molecule has 0 saturated heterocycles. The summed E-state index contributed by atoms with van der Waals surface area (Å²) >= 11 is 14.0. The van der Waals surface area contributed by atoms with Crippen molar-refractivity contribution in [1.82, 2.24) is 10.2 Å². The van der Waals surface area contributed by atoms with Crippen molar-refractivity contribution in [2.24, 2.45) is 0 Å². The minimum atomic E-state index is -0.510. The van der Waals surface area contributed by atoms with Crippen LogP contribution in [0.4, 0.5) is 0 Å². The number of carbonyl (C=O) groups is 2.